The summed E-state index contributed by atoms with van der Waals surface area (Å²) in [4.78, 5) is 4.47. The van der Waals surface area contributed by atoms with Crippen molar-refractivity contribution in [3.05, 3.63) is 0 Å². The molecule has 0 rings (SSSR count). The van der Waals surface area contributed by atoms with Crippen LogP contribution in [-0.2, 0) is 0 Å². The SMILES string of the molecule is CCNC(CO)CN(C)CCCN(C)C. The highest BCUT2D eigenvalue weighted by Gasteiger charge is 2.08. The largest absolute Gasteiger partial charge is 0.395 e. The third kappa shape index (κ3) is 8.81. The van der Waals surface area contributed by atoms with E-state index in [9.17, 15) is 0 Å². The monoisotopic (exact) mass is 217 g/mol. The summed E-state index contributed by atoms with van der Waals surface area (Å²) < 4.78 is 0. The van der Waals surface area contributed by atoms with E-state index in [0.29, 0.717) is 0 Å². The van der Waals surface area contributed by atoms with Crippen molar-refractivity contribution in [1.82, 2.24) is 15.1 Å². The fourth-order valence-corrected chi connectivity index (χ4v) is 1.60. The summed E-state index contributed by atoms with van der Waals surface area (Å²) >= 11 is 0. The minimum absolute atomic E-state index is 0.208. The standard InChI is InChI=1S/C11H27N3O/c1-5-12-11(10-15)9-14(4)8-6-7-13(2)3/h11-12,15H,5-10H2,1-4H3. The molecule has 2 N–H and O–H groups in total. The van der Waals surface area contributed by atoms with Crippen LogP contribution in [0.5, 0.6) is 0 Å². The maximum absolute atomic E-state index is 9.12. The van der Waals surface area contributed by atoms with E-state index < -0.39 is 0 Å². The molecule has 0 bridgehead atoms. The average Bonchev–Trinajstić information content (AvgIpc) is 2.16. The number of likely N-dealkylation sites (N-methyl/N-ethyl adjacent to an activating group) is 2. The lowest BCUT2D eigenvalue weighted by atomic mass is 10.2. The Morgan fingerprint density at radius 3 is 2.33 bits per heavy atom. The number of hydrogen-bond acceptors (Lipinski definition) is 4. The second-order valence-corrected chi connectivity index (χ2v) is 4.36. The molecule has 0 aromatic rings. The van der Waals surface area contributed by atoms with Crippen LogP contribution in [0.1, 0.15) is 13.3 Å². The van der Waals surface area contributed by atoms with Crippen LogP contribution in [-0.4, -0.2) is 74.9 Å². The van der Waals surface area contributed by atoms with Crippen molar-refractivity contribution in [3.63, 3.8) is 0 Å². The second kappa shape index (κ2) is 9.09. The number of hydrogen-bond donors (Lipinski definition) is 2. The average molecular weight is 217 g/mol. The highest BCUT2D eigenvalue weighted by molar-refractivity contribution is 4.68. The van der Waals surface area contributed by atoms with Crippen molar-refractivity contribution in [3.8, 4) is 0 Å². The molecular weight excluding hydrogens is 190 g/mol. The van der Waals surface area contributed by atoms with Gasteiger partial charge in [-0.2, -0.15) is 0 Å². The second-order valence-electron chi connectivity index (χ2n) is 4.36. The molecule has 1 unspecified atom stereocenters. The zero-order chi connectivity index (χ0) is 11.7. The fraction of sp³-hybridized carbons (Fsp3) is 1.00. The highest BCUT2D eigenvalue weighted by atomic mass is 16.3. The molecule has 0 aromatic carbocycles. The van der Waals surface area contributed by atoms with Crippen molar-refractivity contribution < 1.29 is 5.11 Å². The van der Waals surface area contributed by atoms with Crippen molar-refractivity contribution in [1.29, 1.82) is 0 Å². The van der Waals surface area contributed by atoms with Crippen LogP contribution in [0.2, 0.25) is 0 Å². The quantitative estimate of drug-likeness (QED) is 0.563. The van der Waals surface area contributed by atoms with E-state index in [1.54, 1.807) is 0 Å². The normalized spacial score (nSPS) is 13.8. The third-order valence-electron chi connectivity index (χ3n) is 2.39. The minimum atomic E-state index is 0.208. The van der Waals surface area contributed by atoms with Gasteiger partial charge in [0.2, 0.25) is 0 Å². The summed E-state index contributed by atoms with van der Waals surface area (Å²) in [6.45, 7) is 6.31. The van der Waals surface area contributed by atoms with Gasteiger partial charge in [-0.3, -0.25) is 0 Å². The number of rotatable bonds is 9. The molecule has 0 aliphatic rings. The molecule has 0 amide bonds. The van der Waals surface area contributed by atoms with E-state index in [1.165, 1.54) is 6.42 Å². The van der Waals surface area contributed by atoms with Crippen LogP contribution >= 0.6 is 0 Å². The van der Waals surface area contributed by atoms with E-state index in [2.05, 4.69) is 43.2 Å². The van der Waals surface area contributed by atoms with Crippen LogP contribution < -0.4 is 5.32 Å². The van der Waals surface area contributed by atoms with Crippen molar-refractivity contribution >= 4 is 0 Å². The topological polar surface area (TPSA) is 38.7 Å². The third-order valence-corrected chi connectivity index (χ3v) is 2.39. The molecule has 0 saturated carbocycles. The predicted molar refractivity (Wildman–Crippen MR) is 65.2 cm³/mol. The van der Waals surface area contributed by atoms with Gasteiger partial charge in [-0.25, -0.2) is 0 Å². The molecule has 4 heteroatoms. The molecule has 0 fully saturated rings. The first kappa shape index (κ1) is 14.8. The summed E-state index contributed by atoms with van der Waals surface area (Å²) in [5, 5.41) is 12.4. The Balaban J connectivity index is 3.56. The first-order chi connectivity index (χ1) is 7.10. The van der Waals surface area contributed by atoms with Gasteiger partial charge in [-0.15, -0.1) is 0 Å². The van der Waals surface area contributed by atoms with Crippen LogP contribution in [0.4, 0.5) is 0 Å². The Bertz CT molecular complexity index is 142. The summed E-state index contributed by atoms with van der Waals surface area (Å²) in [6, 6.07) is 0.208. The Morgan fingerprint density at radius 2 is 1.87 bits per heavy atom. The van der Waals surface area contributed by atoms with Crippen molar-refractivity contribution in [2.24, 2.45) is 0 Å². The van der Waals surface area contributed by atoms with Crippen molar-refractivity contribution in [2.75, 3.05) is 53.9 Å². The summed E-state index contributed by atoms with van der Waals surface area (Å²) in [5.41, 5.74) is 0. The lowest BCUT2D eigenvalue weighted by molar-refractivity contribution is 0.196. The van der Waals surface area contributed by atoms with E-state index in [1.807, 2.05) is 0 Å². The lowest BCUT2D eigenvalue weighted by Gasteiger charge is -2.23. The first-order valence-corrected chi connectivity index (χ1v) is 5.77. The van der Waals surface area contributed by atoms with Crippen LogP contribution in [0.25, 0.3) is 0 Å². The molecule has 0 saturated heterocycles. The van der Waals surface area contributed by atoms with Gasteiger partial charge < -0.3 is 20.2 Å². The zero-order valence-corrected chi connectivity index (χ0v) is 10.7. The van der Waals surface area contributed by atoms with Gasteiger partial charge in [0.1, 0.15) is 0 Å². The van der Waals surface area contributed by atoms with E-state index >= 15 is 0 Å². The van der Waals surface area contributed by atoms with Gasteiger partial charge in [0.05, 0.1) is 6.61 Å². The molecule has 0 aromatic heterocycles. The predicted octanol–water partition coefficient (Wildman–Crippen LogP) is -0.160. The van der Waals surface area contributed by atoms with E-state index in [-0.39, 0.29) is 12.6 Å². The summed E-state index contributed by atoms with van der Waals surface area (Å²) in [7, 11) is 6.29. The Hall–Kier alpha value is -0.160. The molecule has 0 spiro atoms. The van der Waals surface area contributed by atoms with Gasteiger partial charge in [-0.1, -0.05) is 6.92 Å². The first-order valence-electron chi connectivity index (χ1n) is 5.77. The molecular formula is C11H27N3O. The maximum atomic E-state index is 9.12. The van der Waals surface area contributed by atoms with Gasteiger partial charge >= 0.3 is 0 Å². The fourth-order valence-electron chi connectivity index (χ4n) is 1.60. The maximum Gasteiger partial charge on any atom is 0.0597 e. The number of nitrogens with zero attached hydrogens (tertiary/aromatic N) is 2. The number of aliphatic hydroxyl groups excluding tert-OH is 1. The number of aliphatic hydroxyl groups is 1. The molecule has 92 valence electrons. The lowest BCUT2D eigenvalue weighted by Crippen LogP contribution is -2.42. The summed E-state index contributed by atoms with van der Waals surface area (Å²) in [5.74, 6) is 0. The molecule has 4 nitrogen and oxygen atoms in total. The molecule has 0 radical (unpaired) electrons. The smallest absolute Gasteiger partial charge is 0.0597 e. The van der Waals surface area contributed by atoms with Crippen LogP contribution in [0.15, 0.2) is 0 Å². The van der Waals surface area contributed by atoms with Gasteiger partial charge in [0.25, 0.3) is 0 Å². The van der Waals surface area contributed by atoms with Gasteiger partial charge in [0, 0.05) is 12.6 Å². The van der Waals surface area contributed by atoms with Gasteiger partial charge in [0.15, 0.2) is 0 Å². The molecule has 0 heterocycles. The minimum Gasteiger partial charge on any atom is -0.395 e. The Kier molecular flexibility index (Phi) is 9.00. The van der Waals surface area contributed by atoms with E-state index in [4.69, 9.17) is 5.11 Å². The molecule has 0 aliphatic carbocycles. The molecule has 0 aliphatic heterocycles. The zero-order valence-electron chi connectivity index (χ0n) is 10.7. The molecule has 15 heavy (non-hydrogen) atoms. The van der Waals surface area contributed by atoms with Crippen molar-refractivity contribution in [2.45, 2.75) is 19.4 Å². The van der Waals surface area contributed by atoms with Gasteiger partial charge in [-0.05, 0) is 47.2 Å². The van der Waals surface area contributed by atoms with Crippen LogP contribution in [0, 0.1) is 0 Å². The Labute approximate surface area is 94.3 Å². The summed E-state index contributed by atoms with van der Waals surface area (Å²) in [6.07, 6.45) is 1.17. The Morgan fingerprint density at radius 1 is 1.20 bits per heavy atom. The highest BCUT2D eigenvalue weighted by Crippen LogP contribution is 1.92. The molecule has 1 atom stereocenters. The number of nitrogens with one attached hydrogen (secondary N) is 1. The van der Waals surface area contributed by atoms with Crippen LogP contribution in [0.3, 0.4) is 0 Å². The van der Waals surface area contributed by atoms with E-state index in [0.717, 1.165) is 26.2 Å².